The molecule has 0 bridgehead atoms. The molecule has 0 atom stereocenters. The molecule has 0 saturated carbocycles. The summed E-state index contributed by atoms with van der Waals surface area (Å²) in [6.07, 6.45) is 6.27. The number of nitrogens with one attached hydrogen (secondary N) is 1. The highest BCUT2D eigenvalue weighted by Gasteiger charge is 2.34. The molecule has 1 spiro atoms. The van der Waals surface area contributed by atoms with Crippen LogP contribution in [-0.2, 0) is 4.74 Å². The Labute approximate surface area is 149 Å². The van der Waals surface area contributed by atoms with Gasteiger partial charge in [-0.2, -0.15) is 0 Å². The van der Waals surface area contributed by atoms with Gasteiger partial charge in [0.05, 0.1) is 6.61 Å². The molecule has 1 N–H and O–H groups in total. The predicted octanol–water partition coefficient (Wildman–Crippen LogP) is 2.59. The number of para-hydroxylation sites is 1. The zero-order chi connectivity index (χ0) is 17.0. The van der Waals surface area contributed by atoms with E-state index in [1.54, 1.807) is 0 Å². The van der Waals surface area contributed by atoms with Crippen molar-refractivity contribution < 1.29 is 9.47 Å². The van der Waals surface area contributed by atoms with E-state index in [4.69, 9.17) is 9.47 Å². The van der Waals surface area contributed by atoms with Gasteiger partial charge in [-0.15, -0.1) is 0 Å². The Bertz CT molecular complexity index is 823. The number of fused-ring (bicyclic) bond motifs is 1. The van der Waals surface area contributed by atoms with Crippen molar-refractivity contribution in [2.24, 2.45) is 0 Å². The van der Waals surface area contributed by atoms with Crippen molar-refractivity contribution in [3.63, 3.8) is 0 Å². The lowest BCUT2D eigenvalue weighted by Gasteiger charge is -2.38. The molecule has 2 aromatic carbocycles. The Kier molecular flexibility index (Phi) is 4.75. The molecule has 2 aromatic rings. The lowest BCUT2D eigenvalue weighted by molar-refractivity contribution is 0.0600. The van der Waals surface area contributed by atoms with E-state index in [1.807, 2.05) is 30.3 Å². The van der Waals surface area contributed by atoms with Crippen LogP contribution in [0.3, 0.4) is 0 Å². The summed E-state index contributed by atoms with van der Waals surface area (Å²) in [7, 11) is 0. The van der Waals surface area contributed by atoms with Crippen molar-refractivity contribution in [2.45, 2.75) is 31.3 Å². The average molecular weight is 335 g/mol. The molecule has 0 aliphatic carbocycles. The van der Waals surface area contributed by atoms with Gasteiger partial charge in [0.15, 0.2) is 0 Å². The first-order chi connectivity index (χ1) is 12.3. The number of hydrogen-bond donors (Lipinski definition) is 1. The Hall–Kier alpha value is -2.26. The molecule has 130 valence electrons. The topological polar surface area (TPSA) is 30.5 Å². The van der Waals surface area contributed by atoms with E-state index < -0.39 is 0 Å². The molecule has 2 heterocycles. The highest BCUT2D eigenvalue weighted by atomic mass is 16.5. The fourth-order valence-corrected chi connectivity index (χ4v) is 3.71. The second-order valence-electron chi connectivity index (χ2n) is 6.84. The summed E-state index contributed by atoms with van der Waals surface area (Å²) >= 11 is 0. The summed E-state index contributed by atoms with van der Waals surface area (Å²) in [5.41, 5.74) is -0.130. The molecular formula is C22H25NO2. The number of piperidine rings is 1. The van der Waals surface area contributed by atoms with E-state index in [2.05, 4.69) is 35.7 Å². The Balaban J connectivity index is 1.48. The van der Waals surface area contributed by atoms with Gasteiger partial charge in [0.25, 0.3) is 0 Å². The molecule has 2 aliphatic heterocycles. The van der Waals surface area contributed by atoms with Crippen molar-refractivity contribution in [3.8, 4) is 5.75 Å². The van der Waals surface area contributed by atoms with Crippen LogP contribution in [-0.4, -0.2) is 25.3 Å². The van der Waals surface area contributed by atoms with E-state index in [0.29, 0.717) is 6.61 Å². The van der Waals surface area contributed by atoms with Gasteiger partial charge < -0.3 is 14.8 Å². The van der Waals surface area contributed by atoms with Gasteiger partial charge in [-0.05, 0) is 42.9 Å². The van der Waals surface area contributed by atoms with Crippen LogP contribution < -0.4 is 20.5 Å². The number of rotatable bonds is 5. The third-order valence-corrected chi connectivity index (χ3v) is 5.02. The number of benzene rings is 2. The van der Waals surface area contributed by atoms with Gasteiger partial charge in [-0.1, -0.05) is 42.5 Å². The zero-order valence-electron chi connectivity index (χ0n) is 14.5. The molecule has 4 rings (SSSR count). The van der Waals surface area contributed by atoms with Crippen LogP contribution in [0, 0.1) is 0 Å². The van der Waals surface area contributed by atoms with Crippen LogP contribution in [0.2, 0.25) is 0 Å². The standard InChI is InChI=1S/C22H25NO2/c1-2-8-19(9-3-1)24-16-6-11-21-20-10-5-4-7-18(20)17-22(25-21)12-14-23-15-13-22/h1-5,7-10,17,23H,6,11-16H2. The quantitative estimate of drug-likeness (QED) is 0.852. The summed E-state index contributed by atoms with van der Waals surface area (Å²) in [6.45, 7) is 2.74. The van der Waals surface area contributed by atoms with Gasteiger partial charge in [0.2, 0.25) is 0 Å². The molecule has 1 saturated heterocycles. The molecule has 0 aromatic heterocycles. The Morgan fingerprint density at radius 3 is 2.56 bits per heavy atom. The monoisotopic (exact) mass is 335 g/mol. The largest absolute Gasteiger partial charge is 0.494 e. The first-order valence-electron chi connectivity index (χ1n) is 9.23. The van der Waals surface area contributed by atoms with Crippen LogP contribution in [0.5, 0.6) is 5.75 Å². The van der Waals surface area contributed by atoms with Crippen molar-refractivity contribution >= 4 is 11.8 Å². The van der Waals surface area contributed by atoms with Crippen molar-refractivity contribution in [3.05, 3.63) is 65.0 Å². The fraction of sp³-hybridized carbons (Fsp3) is 0.364. The maximum absolute atomic E-state index is 6.56. The minimum absolute atomic E-state index is 0.130. The summed E-state index contributed by atoms with van der Waals surface area (Å²) in [6, 6.07) is 18.6. The summed E-state index contributed by atoms with van der Waals surface area (Å²) in [5, 5.41) is 5.99. The molecule has 2 aliphatic rings. The second-order valence-corrected chi connectivity index (χ2v) is 6.84. The smallest absolute Gasteiger partial charge is 0.130 e. The minimum Gasteiger partial charge on any atom is -0.494 e. The molecule has 0 radical (unpaired) electrons. The Morgan fingerprint density at radius 1 is 0.960 bits per heavy atom. The molecule has 3 nitrogen and oxygen atoms in total. The molecule has 1 fully saturated rings. The maximum atomic E-state index is 6.56. The highest BCUT2D eigenvalue weighted by molar-refractivity contribution is 5.50. The van der Waals surface area contributed by atoms with Gasteiger partial charge in [0, 0.05) is 24.5 Å². The van der Waals surface area contributed by atoms with Crippen molar-refractivity contribution in [2.75, 3.05) is 19.7 Å². The lowest BCUT2D eigenvalue weighted by atomic mass is 9.88. The molecule has 25 heavy (non-hydrogen) atoms. The van der Waals surface area contributed by atoms with Gasteiger partial charge in [-0.3, -0.25) is 0 Å². The van der Waals surface area contributed by atoms with E-state index in [9.17, 15) is 0 Å². The van der Waals surface area contributed by atoms with E-state index >= 15 is 0 Å². The van der Waals surface area contributed by atoms with Crippen molar-refractivity contribution in [1.29, 1.82) is 0 Å². The van der Waals surface area contributed by atoms with Gasteiger partial charge >= 0.3 is 0 Å². The molecule has 3 heteroatoms. The average Bonchev–Trinajstić information content (AvgIpc) is 2.66. The third kappa shape index (κ3) is 3.72. The SMILES string of the molecule is C1=c2ccccc2=C(CCCOc2ccccc2)OC12CCNCC2. The molecule has 0 amide bonds. The van der Waals surface area contributed by atoms with Gasteiger partial charge in [-0.25, -0.2) is 0 Å². The maximum Gasteiger partial charge on any atom is 0.130 e. The zero-order valence-corrected chi connectivity index (χ0v) is 14.5. The van der Waals surface area contributed by atoms with E-state index in [0.717, 1.165) is 50.3 Å². The summed E-state index contributed by atoms with van der Waals surface area (Å²) in [5.74, 6) is 2.05. The Morgan fingerprint density at radius 2 is 1.72 bits per heavy atom. The van der Waals surface area contributed by atoms with Crippen LogP contribution in [0.25, 0.3) is 11.8 Å². The van der Waals surface area contributed by atoms with Crippen LogP contribution >= 0.6 is 0 Å². The minimum atomic E-state index is -0.130. The summed E-state index contributed by atoms with van der Waals surface area (Å²) < 4.78 is 12.4. The first-order valence-corrected chi connectivity index (χ1v) is 9.23. The normalized spacial score (nSPS) is 18.2. The van der Waals surface area contributed by atoms with Gasteiger partial charge in [0.1, 0.15) is 17.1 Å². The number of hydrogen-bond acceptors (Lipinski definition) is 3. The molecule has 0 unspecified atom stereocenters. The van der Waals surface area contributed by atoms with Crippen molar-refractivity contribution in [1.82, 2.24) is 5.32 Å². The lowest BCUT2D eigenvalue weighted by Crippen LogP contribution is -2.48. The second kappa shape index (κ2) is 7.32. The molecular weight excluding hydrogens is 310 g/mol. The fourth-order valence-electron chi connectivity index (χ4n) is 3.71. The first kappa shape index (κ1) is 16.2. The van der Waals surface area contributed by atoms with E-state index in [1.165, 1.54) is 10.4 Å². The van der Waals surface area contributed by atoms with Crippen LogP contribution in [0.4, 0.5) is 0 Å². The van der Waals surface area contributed by atoms with E-state index in [-0.39, 0.29) is 5.60 Å². The predicted molar refractivity (Wildman–Crippen MR) is 101 cm³/mol. The van der Waals surface area contributed by atoms with Crippen LogP contribution in [0.15, 0.2) is 54.6 Å². The number of ether oxygens (including phenoxy) is 2. The highest BCUT2D eigenvalue weighted by Crippen LogP contribution is 2.30. The third-order valence-electron chi connectivity index (χ3n) is 5.02. The van der Waals surface area contributed by atoms with Crippen LogP contribution in [0.1, 0.15) is 25.7 Å². The summed E-state index contributed by atoms with van der Waals surface area (Å²) in [4.78, 5) is 0.